The lowest BCUT2D eigenvalue weighted by Crippen LogP contribution is -2.51. The van der Waals surface area contributed by atoms with Crippen LogP contribution < -0.4 is 5.73 Å². The van der Waals surface area contributed by atoms with Gasteiger partial charge < -0.3 is 15.4 Å². The van der Waals surface area contributed by atoms with Gasteiger partial charge in [0, 0.05) is 12.7 Å². The van der Waals surface area contributed by atoms with Crippen molar-refractivity contribution in [2.45, 2.75) is 32.4 Å². The maximum absolute atomic E-state index is 12.9. The standard InChI is InChI=1S/C15H19N3O2S/c1-3-10-8-20-9(2)7-18(10)15(19)14-12(16)13-11(21-14)5-4-6-17-13/h4-6,9-10H,3,7-8,16H2,1-2H3. The molecule has 2 unspecified atom stereocenters. The van der Waals surface area contributed by atoms with Gasteiger partial charge in [-0.3, -0.25) is 9.78 Å². The highest BCUT2D eigenvalue weighted by Crippen LogP contribution is 2.33. The van der Waals surface area contributed by atoms with Crippen molar-refractivity contribution in [3.8, 4) is 0 Å². The van der Waals surface area contributed by atoms with Crippen LogP contribution in [0.2, 0.25) is 0 Å². The highest BCUT2D eigenvalue weighted by molar-refractivity contribution is 7.21. The summed E-state index contributed by atoms with van der Waals surface area (Å²) in [7, 11) is 0. The number of anilines is 1. The van der Waals surface area contributed by atoms with Gasteiger partial charge in [-0.15, -0.1) is 11.3 Å². The van der Waals surface area contributed by atoms with E-state index in [1.165, 1.54) is 11.3 Å². The molecular formula is C15H19N3O2S. The van der Waals surface area contributed by atoms with Gasteiger partial charge in [0.1, 0.15) is 10.4 Å². The molecule has 2 atom stereocenters. The average Bonchev–Trinajstić information content (AvgIpc) is 2.84. The van der Waals surface area contributed by atoms with E-state index in [1.54, 1.807) is 6.20 Å². The van der Waals surface area contributed by atoms with Crippen molar-refractivity contribution in [2.75, 3.05) is 18.9 Å². The molecule has 2 aromatic rings. The Bertz CT molecular complexity index is 670. The number of hydrogen-bond acceptors (Lipinski definition) is 5. The Hall–Kier alpha value is -1.66. The lowest BCUT2D eigenvalue weighted by Gasteiger charge is -2.38. The monoisotopic (exact) mass is 305 g/mol. The van der Waals surface area contributed by atoms with Crippen LogP contribution in [0.4, 0.5) is 5.69 Å². The quantitative estimate of drug-likeness (QED) is 0.925. The second kappa shape index (κ2) is 5.61. The predicted octanol–water partition coefficient (Wildman–Crippen LogP) is 2.52. The van der Waals surface area contributed by atoms with Crippen molar-refractivity contribution < 1.29 is 9.53 Å². The van der Waals surface area contributed by atoms with Crippen LogP contribution in [0.15, 0.2) is 18.3 Å². The molecule has 1 saturated heterocycles. The number of amides is 1. The van der Waals surface area contributed by atoms with Gasteiger partial charge in [0.25, 0.3) is 5.91 Å². The Labute approximate surface area is 127 Å². The zero-order valence-electron chi connectivity index (χ0n) is 12.2. The van der Waals surface area contributed by atoms with Gasteiger partial charge in [-0.25, -0.2) is 0 Å². The van der Waals surface area contributed by atoms with Gasteiger partial charge in [0.15, 0.2) is 0 Å². The third kappa shape index (κ3) is 2.49. The normalized spacial score (nSPS) is 22.7. The first kappa shape index (κ1) is 14.3. The number of ether oxygens (including phenoxy) is 1. The minimum absolute atomic E-state index is 0.00231. The first-order valence-electron chi connectivity index (χ1n) is 7.17. The van der Waals surface area contributed by atoms with Crippen molar-refractivity contribution in [2.24, 2.45) is 0 Å². The zero-order valence-corrected chi connectivity index (χ0v) is 13.0. The third-order valence-electron chi connectivity index (χ3n) is 3.88. The number of nitrogen functional groups attached to an aromatic ring is 1. The van der Waals surface area contributed by atoms with E-state index >= 15 is 0 Å². The summed E-state index contributed by atoms with van der Waals surface area (Å²) in [5, 5.41) is 0. The molecule has 5 nitrogen and oxygen atoms in total. The summed E-state index contributed by atoms with van der Waals surface area (Å²) in [6, 6.07) is 3.92. The molecule has 21 heavy (non-hydrogen) atoms. The Balaban J connectivity index is 1.97. The molecule has 3 heterocycles. The summed E-state index contributed by atoms with van der Waals surface area (Å²) in [6.07, 6.45) is 2.64. The zero-order chi connectivity index (χ0) is 15.0. The Morgan fingerprint density at radius 2 is 2.43 bits per heavy atom. The fraction of sp³-hybridized carbons (Fsp3) is 0.467. The van der Waals surface area contributed by atoms with Crippen molar-refractivity contribution in [3.63, 3.8) is 0 Å². The number of nitrogens with two attached hydrogens (primary N) is 1. The summed E-state index contributed by atoms with van der Waals surface area (Å²) >= 11 is 1.42. The van der Waals surface area contributed by atoms with Gasteiger partial charge in [-0.2, -0.15) is 0 Å². The van der Waals surface area contributed by atoms with Crippen LogP contribution in [0, 0.1) is 0 Å². The molecule has 0 spiro atoms. The lowest BCUT2D eigenvalue weighted by atomic mass is 10.1. The minimum atomic E-state index is -0.00231. The fourth-order valence-corrected chi connectivity index (χ4v) is 3.71. The molecule has 2 aromatic heterocycles. The number of pyridine rings is 1. The van der Waals surface area contributed by atoms with E-state index in [4.69, 9.17) is 10.5 Å². The van der Waals surface area contributed by atoms with E-state index in [-0.39, 0.29) is 18.1 Å². The molecule has 3 rings (SSSR count). The third-order valence-corrected chi connectivity index (χ3v) is 5.02. The summed E-state index contributed by atoms with van der Waals surface area (Å²) in [6.45, 7) is 5.26. The van der Waals surface area contributed by atoms with Crippen molar-refractivity contribution in [1.29, 1.82) is 0 Å². The van der Waals surface area contributed by atoms with E-state index in [0.29, 0.717) is 23.7 Å². The van der Waals surface area contributed by atoms with Crippen LogP contribution in [0.25, 0.3) is 10.2 Å². The molecule has 1 amide bonds. The van der Waals surface area contributed by atoms with Crippen molar-refractivity contribution in [3.05, 3.63) is 23.2 Å². The second-order valence-electron chi connectivity index (χ2n) is 5.36. The topological polar surface area (TPSA) is 68.5 Å². The molecule has 1 aliphatic rings. The smallest absolute Gasteiger partial charge is 0.266 e. The van der Waals surface area contributed by atoms with E-state index in [2.05, 4.69) is 11.9 Å². The number of hydrogen-bond donors (Lipinski definition) is 1. The van der Waals surface area contributed by atoms with Gasteiger partial charge in [0.2, 0.25) is 0 Å². The van der Waals surface area contributed by atoms with Gasteiger partial charge >= 0.3 is 0 Å². The van der Waals surface area contributed by atoms with Crippen LogP contribution in [0.5, 0.6) is 0 Å². The largest absolute Gasteiger partial charge is 0.396 e. The van der Waals surface area contributed by atoms with Crippen molar-refractivity contribution >= 4 is 33.1 Å². The molecule has 2 N–H and O–H groups in total. The van der Waals surface area contributed by atoms with Gasteiger partial charge in [0.05, 0.1) is 29.1 Å². The van der Waals surface area contributed by atoms with Crippen LogP contribution in [0.1, 0.15) is 29.9 Å². The molecule has 112 valence electrons. The van der Waals surface area contributed by atoms with E-state index in [1.807, 2.05) is 24.0 Å². The van der Waals surface area contributed by atoms with Crippen LogP contribution >= 0.6 is 11.3 Å². The number of thiophene rings is 1. The average molecular weight is 305 g/mol. The number of fused-ring (bicyclic) bond motifs is 1. The fourth-order valence-electron chi connectivity index (χ4n) is 2.67. The maximum Gasteiger partial charge on any atom is 0.266 e. The number of aromatic nitrogens is 1. The van der Waals surface area contributed by atoms with Crippen LogP contribution in [-0.2, 0) is 4.74 Å². The first-order chi connectivity index (χ1) is 10.1. The Morgan fingerprint density at radius 3 is 3.14 bits per heavy atom. The molecule has 0 bridgehead atoms. The summed E-state index contributed by atoms with van der Waals surface area (Å²) in [4.78, 5) is 19.6. The summed E-state index contributed by atoms with van der Waals surface area (Å²) < 4.78 is 6.60. The SMILES string of the molecule is CCC1COC(C)CN1C(=O)c1sc2cccnc2c1N. The highest BCUT2D eigenvalue weighted by atomic mass is 32.1. The van der Waals surface area contributed by atoms with Crippen LogP contribution in [-0.4, -0.2) is 41.1 Å². The van der Waals surface area contributed by atoms with Crippen molar-refractivity contribution in [1.82, 2.24) is 9.88 Å². The Morgan fingerprint density at radius 1 is 1.62 bits per heavy atom. The molecule has 1 aliphatic heterocycles. The molecule has 0 radical (unpaired) electrons. The molecule has 1 fully saturated rings. The van der Waals surface area contributed by atoms with E-state index in [0.717, 1.165) is 16.6 Å². The number of carbonyl (C=O) groups is 1. The summed E-state index contributed by atoms with van der Waals surface area (Å²) in [5.74, 6) is -0.00231. The molecular weight excluding hydrogens is 286 g/mol. The predicted molar refractivity (Wildman–Crippen MR) is 84.6 cm³/mol. The molecule has 0 aliphatic carbocycles. The minimum Gasteiger partial charge on any atom is -0.396 e. The first-order valence-corrected chi connectivity index (χ1v) is 7.99. The lowest BCUT2D eigenvalue weighted by molar-refractivity contribution is -0.0442. The molecule has 6 heteroatoms. The maximum atomic E-state index is 12.9. The number of nitrogens with zero attached hydrogens (tertiary/aromatic N) is 2. The number of carbonyl (C=O) groups excluding carboxylic acids is 1. The number of morpholine rings is 1. The summed E-state index contributed by atoms with van der Waals surface area (Å²) in [5.41, 5.74) is 7.35. The Kier molecular flexibility index (Phi) is 3.82. The highest BCUT2D eigenvalue weighted by Gasteiger charge is 2.32. The molecule has 0 saturated carbocycles. The second-order valence-corrected chi connectivity index (χ2v) is 6.41. The van der Waals surface area contributed by atoms with Crippen LogP contribution in [0.3, 0.4) is 0 Å². The molecule has 0 aromatic carbocycles. The van der Waals surface area contributed by atoms with E-state index < -0.39 is 0 Å². The number of rotatable bonds is 2. The van der Waals surface area contributed by atoms with Gasteiger partial charge in [-0.1, -0.05) is 6.92 Å². The van der Waals surface area contributed by atoms with E-state index in [9.17, 15) is 4.79 Å². The van der Waals surface area contributed by atoms with Gasteiger partial charge in [-0.05, 0) is 25.5 Å².